The fraction of sp³-hybridized carbons (Fsp3) is 0.692. The molecule has 1 atom stereocenters. The topological polar surface area (TPSA) is 27.7 Å². The molecule has 0 bridgehead atoms. The first-order chi connectivity index (χ1) is 8.22. The number of aryl methyl sites for hydroxylation is 2. The van der Waals surface area contributed by atoms with E-state index in [-0.39, 0.29) is 6.10 Å². The number of hydrogen-bond acceptors (Lipinski definition) is 4. The summed E-state index contributed by atoms with van der Waals surface area (Å²) in [7, 11) is 0. The van der Waals surface area contributed by atoms with Crippen LogP contribution in [0.5, 0.6) is 11.5 Å². The molecular formula is C13H20O3S. The van der Waals surface area contributed by atoms with E-state index in [2.05, 4.69) is 20.8 Å². The van der Waals surface area contributed by atoms with Crippen LogP contribution in [-0.4, -0.2) is 25.9 Å². The van der Waals surface area contributed by atoms with Gasteiger partial charge in [-0.05, 0) is 20.3 Å². The summed E-state index contributed by atoms with van der Waals surface area (Å²) < 4.78 is 17.2. The summed E-state index contributed by atoms with van der Waals surface area (Å²) in [6.07, 6.45) is 2.30. The van der Waals surface area contributed by atoms with Crippen LogP contribution in [0.25, 0.3) is 0 Å². The van der Waals surface area contributed by atoms with Crippen LogP contribution < -0.4 is 9.47 Å². The van der Waals surface area contributed by atoms with Gasteiger partial charge in [0, 0.05) is 16.4 Å². The van der Waals surface area contributed by atoms with Gasteiger partial charge in [0.05, 0.1) is 6.61 Å². The zero-order valence-corrected chi connectivity index (χ0v) is 11.6. The normalized spacial score (nSPS) is 18.4. The molecule has 0 aromatic carbocycles. The van der Waals surface area contributed by atoms with Gasteiger partial charge in [-0.3, -0.25) is 0 Å². The molecule has 1 aliphatic heterocycles. The number of fused-ring (bicyclic) bond motifs is 1. The van der Waals surface area contributed by atoms with Crippen LogP contribution in [0.2, 0.25) is 0 Å². The van der Waals surface area contributed by atoms with E-state index < -0.39 is 0 Å². The van der Waals surface area contributed by atoms with Crippen molar-refractivity contribution in [3.8, 4) is 11.5 Å². The highest BCUT2D eigenvalue weighted by atomic mass is 32.1. The quantitative estimate of drug-likeness (QED) is 0.756. The van der Waals surface area contributed by atoms with Gasteiger partial charge < -0.3 is 14.2 Å². The Morgan fingerprint density at radius 2 is 2.06 bits per heavy atom. The highest BCUT2D eigenvalue weighted by molar-refractivity contribution is 7.12. The Morgan fingerprint density at radius 1 is 1.29 bits per heavy atom. The first-order valence-electron chi connectivity index (χ1n) is 6.19. The van der Waals surface area contributed by atoms with Gasteiger partial charge in [-0.25, -0.2) is 0 Å². The van der Waals surface area contributed by atoms with Gasteiger partial charge in [0.2, 0.25) is 0 Å². The molecule has 0 spiro atoms. The van der Waals surface area contributed by atoms with Crippen molar-refractivity contribution in [2.75, 3.05) is 19.8 Å². The van der Waals surface area contributed by atoms with Crippen molar-refractivity contribution in [1.29, 1.82) is 0 Å². The van der Waals surface area contributed by atoms with E-state index in [9.17, 15) is 0 Å². The molecule has 96 valence electrons. The third-order valence-corrected chi connectivity index (χ3v) is 3.78. The lowest BCUT2D eigenvalue weighted by Crippen LogP contribution is -2.33. The number of hydrogen-bond donors (Lipinski definition) is 0. The van der Waals surface area contributed by atoms with Crippen LogP contribution in [0.3, 0.4) is 0 Å². The Kier molecular flexibility index (Phi) is 4.29. The van der Waals surface area contributed by atoms with Crippen molar-refractivity contribution >= 4 is 11.3 Å². The summed E-state index contributed by atoms with van der Waals surface area (Å²) in [6, 6.07) is 0. The van der Waals surface area contributed by atoms with Crippen LogP contribution in [0.15, 0.2) is 0 Å². The van der Waals surface area contributed by atoms with E-state index in [1.165, 1.54) is 9.75 Å². The summed E-state index contributed by atoms with van der Waals surface area (Å²) in [6.45, 7) is 8.32. The van der Waals surface area contributed by atoms with Crippen molar-refractivity contribution in [2.45, 2.75) is 39.7 Å². The largest absolute Gasteiger partial charge is 0.485 e. The number of unbranched alkanes of at least 4 members (excludes halogenated alkanes) is 1. The summed E-state index contributed by atoms with van der Waals surface area (Å²) >= 11 is 1.73. The molecule has 0 radical (unpaired) electrons. The number of rotatable bonds is 5. The van der Waals surface area contributed by atoms with Gasteiger partial charge in [-0.15, -0.1) is 11.3 Å². The summed E-state index contributed by atoms with van der Waals surface area (Å²) in [5, 5.41) is 0. The smallest absolute Gasteiger partial charge is 0.175 e. The first-order valence-corrected chi connectivity index (χ1v) is 7.01. The molecule has 0 saturated carbocycles. The SMILES string of the molecule is CCCCOCC1COc2c(C)sc(C)c2O1. The molecule has 0 saturated heterocycles. The molecule has 2 rings (SSSR count). The van der Waals surface area contributed by atoms with E-state index in [1.54, 1.807) is 11.3 Å². The third kappa shape index (κ3) is 2.93. The minimum atomic E-state index is 0.0343. The lowest BCUT2D eigenvalue weighted by atomic mass is 10.3. The van der Waals surface area contributed by atoms with Gasteiger partial charge in [0.1, 0.15) is 6.61 Å². The Hall–Kier alpha value is -0.740. The molecule has 2 heterocycles. The average Bonchev–Trinajstić information content (AvgIpc) is 2.61. The monoisotopic (exact) mass is 256 g/mol. The van der Waals surface area contributed by atoms with E-state index in [0.717, 1.165) is 30.9 Å². The van der Waals surface area contributed by atoms with Crippen molar-refractivity contribution in [1.82, 2.24) is 0 Å². The van der Waals surface area contributed by atoms with Crippen molar-refractivity contribution < 1.29 is 14.2 Å². The second kappa shape index (κ2) is 5.74. The van der Waals surface area contributed by atoms with E-state index >= 15 is 0 Å². The van der Waals surface area contributed by atoms with Crippen LogP contribution in [0, 0.1) is 13.8 Å². The van der Waals surface area contributed by atoms with E-state index in [1.807, 2.05) is 0 Å². The number of ether oxygens (including phenoxy) is 3. The van der Waals surface area contributed by atoms with E-state index in [0.29, 0.717) is 13.2 Å². The Labute approximate surface area is 107 Å². The molecule has 0 fully saturated rings. The molecule has 17 heavy (non-hydrogen) atoms. The third-order valence-electron chi connectivity index (χ3n) is 2.80. The highest BCUT2D eigenvalue weighted by Gasteiger charge is 2.26. The van der Waals surface area contributed by atoms with Crippen molar-refractivity contribution in [2.24, 2.45) is 0 Å². The fourth-order valence-electron chi connectivity index (χ4n) is 1.87. The van der Waals surface area contributed by atoms with Crippen LogP contribution in [0.1, 0.15) is 29.5 Å². The molecular weight excluding hydrogens is 236 g/mol. The lowest BCUT2D eigenvalue weighted by molar-refractivity contribution is 0.00813. The van der Waals surface area contributed by atoms with Crippen LogP contribution in [0.4, 0.5) is 0 Å². The van der Waals surface area contributed by atoms with Gasteiger partial charge >= 0.3 is 0 Å². The van der Waals surface area contributed by atoms with Gasteiger partial charge in [-0.1, -0.05) is 13.3 Å². The zero-order valence-electron chi connectivity index (χ0n) is 10.7. The molecule has 1 aromatic heterocycles. The molecule has 1 unspecified atom stereocenters. The first kappa shape index (κ1) is 12.7. The predicted molar refractivity (Wildman–Crippen MR) is 69.4 cm³/mol. The standard InChI is InChI=1S/C13H20O3S/c1-4-5-6-14-7-11-8-15-12-9(2)17-10(3)13(12)16-11/h11H,4-8H2,1-3H3. The minimum Gasteiger partial charge on any atom is -0.485 e. The van der Waals surface area contributed by atoms with Gasteiger partial charge in [0.15, 0.2) is 17.6 Å². The maximum atomic E-state index is 5.92. The lowest BCUT2D eigenvalue weighted by Gasteiger charge is -2.25. The maximum Gasteiger partial charge on any atom is 0.175 e. The Morgan fingerprint density at radius 3 is 2.82 bits per heavy atom. The molecule has 1 aliphatic rings. The molecule has 3 nitrogen and oxygen atoms in total. The van der Waals surface area contributed by atoms with Crippen molar-refractivity contribution in [3.63, 3.8) is 0 Å². The molecule has 0 amide bonds. The molecule has 0 aliphatic carbocycles. The average molecular weight is 256 g/mol. The molecule has 0 N–H and O–H groups in total. The van der Waals surface area contributed by atoms with Crippen molar-refractivity contribution in [3.05, 3.63) is 9.75 Å². The van der Waals surface area contributed by atoms with Gasteiger partial charge in [-0.2, -0.15) is 0 Å². The minimum absolute atomic E-state index is 0.0343. The van der Waals surface area contributed by atoms with Gasteiger partial charge in [0.25, 0.3) is 0 Å². The van der Waals surface area contributed by atoms with Crippen LogP contribution in [-0.2, 0) is 4.74 Å². The predicted octanol–water partition coefficient (Wildman–Crippen LogP) is 3.32. The summed E-state index contributed by atoms with van der Waals surface area (Å²) in [5.41, 5.74) is 0. The number of thiophene rings is 1. The zero-order chi connectivity index (χ0) is 12.3. The van der Waals surface area contributed by atoms with E-state index in [4.69, 9.17) is 14.2 Å². The Bertz CT molecular complexity index is 373. The second-order valence-corrected chi connectivity index (χ2v) is 5.78. The maximum absolute atomic E-state index is 5.92. The summed E-state index contributed by atoms with van der Waals surface area (Å²) in [5.74, 6) is 1.85. The highest BCUT2D eigenvalue weighted by Crippen LogP contribution is 2.43. The fourth-order valence-corrected chi connectivity index (χ4v) is 2.80. The summed E-state index contributed by atoms with van der Waals surface area (Å²) in [4.78, 5) is 2.39. The Balaban J connectivity index is 1.88. The van der Waals surface area contributed by atoms with Crippen LogP contribution >= 0.6 is 11.3 Å². The second-order valence-electron chi connectivity index (χ2n) is 4.35. The molecule has 1 aromatic rings. The molecule has 4 heteroatoms.